The highest BCUT2D eigenvalue weighted by Crippen LogP contribution is 2.03. The fraction of sp³-hybridized carbons (Fsp3) is 0.667. The molecule has 1 amide bonds. The van der Waals surface area contributed by atoms with Crippen molar-refractivity contribution in [1.29, 1.82) is 0 Å². The van der Waals surface area contributed by atoms with Crippen LogP contribution in [-0.4, -0.2) is 18.2 Å². The highest BCUT2D eigenvalue weighted by Gasteiger charge is 2.02. The predicted octanol–water partition coefficient (Wildman–Crippen LogP) is 2.22. The molecule has 0 saturated carbocycles. The van der Waals surface area contributed by atoms with Gasteiger partial charge in [0.25, 0.3) is 0 Å². The zero-order valence-electron chi connectivity index (χ0n) is 9.55. The number of amides is 1. The number of hydrogen-bond donors (Lipinski definition) is 1. The first kappa shape index (κ1) is 13.9. The molecule has 3 nitrogen and oxygen atoms in total. The summed E-state index contributed by atoms with van der Waals surface area (Å²) in [6.07, 6.45) is 6.77. The molecule has 0 bridgehead atoms. The molecule has 0 heterocycles. The minimum atomic E-state index is -0.214. The minimum absolute atomic E-state index is 0.214. The summed E-state index contributed by atoms with van der Waals surface area (Å²) in [6.45, 7) is 5.90. The molecule has 15 heavy (non-hydrogen) atoms. The Morgan fingerprint density at radius 1 is 1.20 bits per heavy atom. The van der Waals surface area contributed by atoms with Crippen LogP contribution in [0.25, 0.3) is 0 Å². The Morgan fingerprint density at radius 3 is 2.53 bits per heavy atom. The van der Waals surface area contributed by atoms with Crippen LogP contribution in [0.2, 0.25) is 0 Å². The first-order chi connectivity index (χ1) is 7.20. The Kier molecular flexibility index (Phi) is 8.73. The van der Waals surface area contributed by atoms with Crippen LogP contribution in [0.15, 0.2) is 12.7 Å². The topological polar surface area (TPSA) is 46.2 Å². The summed E-state index contributed by atoms with van der Waals surface area (Å²) in [5.74, 6) is 0.0178. The van der Waals surface area contributed by atoms with Crippen LogP contribution < -0.4 is 5.32 Å². The Balaban J connectivity index is 3.33. The smallest absolute Gasteiger partial charge is 0.243 e. The van der Waals surface area contributed by atoms with Crippen molar-refractivity contribution < 1.29 is 9.59 Å². The Bertz CT molecular complexity index is 212. The first-order valence-corrected chi connectivity index (χ1v) is 5.62. The van der Waals surface area contributed by atoms with Gasteiger partial charge in [-0.15, -0.1) is 0 Å². The second kappa shape index (κ2) is 9.44. The lowest BCUT2D eigenvalue weighted by Crippen LogP contribution is -2.23. The van der Waals surface area contributed by atoms with Gasteiger partial charge in [0.05, 0.1) is 0 Å². The van der Waals surface area contributed by atoms with E-state index in [1.165, 1.54) is 18.9 Å². The number of hydrogen-bond acceptors (Lipinski definition) is 2. The summed E-state index contributed by atoms with van der Waals surface area (Å²) < 4.78 is 0. The van der Waals surface area contributed by atoms with Gasteiger partial charge in [-0.25, -0.2) is 0 Å². The molecule has 0 spiro atoms. The van der Waals surface area contributed by atoms with Crippen LogP contribution in [0.5, 0.6) is 0 Å². The summed E-state index contributed by atoms with van der Waals surface area (Å²) in [7, 11) is 0. The fourth-order valence-corrected chi connectivity index (χ4v) is 1.27. The van der Waals surface area contributed by atoms with Crippen molar-refractivity contribution in [2.75, 3.05) is 6.54 Å². The molecule has 0 radical (unpaired) electrons. The van der Waals surface area contributed by atoms with Crippen LogP contribution >= 0.6 is 0 Å². The van der Waals surface area contributed by atoms with Gasteiger partial charge in [-0.05, 0) is 12.5 Å². The lowest BCUT2D eigenvalue weighted by molar-refractivity contribution is -0.119. The zero-order chi connectivity index (χ0) is 11.5. The molecule has 86 valence electrons. The number of ketones is 1. The standard InChI is InChI=1S/C12H21NO2/c1-3-5-6-7-8-11(14)9-10-13-12(15)4-2/h4H,2-3,5-10H2,1H3,(H,13,15). The molecule has 0 unspecified atom stereocenters. The first-order valence-electron chi connectivity index (χ1n) is 5.62. The molecule has 0 rings (SSSR count). The number of unbranched alkanes of at least 4 members (excludes halogenated alkanes) is 3. The third-order valence-electron chi connectivity index (χ3n) is 2.20. The summed E-state index contributed by atoms with van der Waals surface area (Å²) in [5.41, 5.74) is 0. The molecule has 0 aliphatic heterocycles. The molecule has 0 saturated heterocycles. The maximum atomic E-state index is 11.3. The van der Waals surface area contributed by atoms with E-state index in [4.69, 9.17) is 0 Å². The number of carbonyl (C=O) groups excluding carboxylic acids is 2. The average molecular weight is 211 g/mol. The molecule has 0 aromatic carbocycles. The van der Waals surface area contributed by atoms with Crippen LogP contribution in [0, 0.1) is 0 Å². The van der Waals surface area contributed by atoms with Crippen molar-refractivity contribution in [3.05, 3.63) is 12.7 Å². The van der Waals surface area contributed by atoms with E-state index in [0.717, 1.165) is 12.8 Å². The average Bonchev–Trinajstić information content (AvgIpc) is 2.24. The molecule has 0 aliphatic carbocycles. The Hall–Kier alpha value is -1.12. The largest absolute Gasteiger partial charge is 0.352 e. The summed E-state index contributed by atoms with van der Waals surface area (Å²) in [5, 5.41) is 2.59. The van der Waals surface area contributed by atoms with Crippen LogP contribution in [0.1, 0.15) is 45.4 Å². The van der Waals surface area contributed by atoms with Gasteiger partial charge in [0.2, 0.25) is 5.91 Å². The monoisotopic (exact) mass is 211 g/mol. The van der Waals surface area contributed by atoms with Crippen LogP contribution in [0.3, 0.4) is 0 Å². The van der Waals surface area contributed by atoms with Gasteiger partial charge in [-0.3, -0.25) is 9.59 Å². The lowest BCUT2D eigenvalue weighted by atomic mass is 10.1. The minimum Gasteiger partial charge on any atom is -0.352 e. The predicted molar refractivity (Wildman–Crippen MR) is 61.6 cm³/mol. The van der Waals surface area contributed by atoms with Gasteiger partial charge in [-0.2, -0.15) is 0 Å². The molecule has 0 aromatic heterocycles. The Morgan fingerprint density at radius 2 is 1.93 bits per heavy atom. The molecule has 3 heteroatoms. The van der Waals surface area contributed by atoms with Gasteiger partial charge in [0.15, 0.2) is 0 Å². The van der Waals surface area contributed by atoms with E-state index < -0.39 is 0 Å². The van der Waals surface area contributed by atoms with Gasteiger partial charge in [0, 0.05) is 19.4 Å². The van der Waals surface area contributed by atoms with Crippen molar-refractivity contribution in [3.63, 3.8) is 0 Å². The molecule has 1 N–H and O–H groups in total. The van der Waals surface area contributed by atoms with Gasteiger partial charge in [0.1, 0.15) is 5.78 Å². The van der Waals surface area contributed by atoms with E-state index in [9.17, 15) is 9.59 Å². The summed E-state index contributed by atoms with van der Waals surface area (Å²) >= 11 is 0. The lowest BCUT2D eigenvalue weighted by Gasteiger charge is -2.01. The van der Waals surface area contributed by atoms with Crippen molar-refractivity contribution in [2.45, 2.75) is 45.4 Å². The van der Waals surface area contributed by atoms with E-state index in [1.807, 2.05) is 0 Å². The fourth-order valence-electron chi connectivity index (χ4n) is 1.27. The van der Waals surface area contributed by atoms with Gasteiger partial charge >= 0.3 is 0 Å². The molecule has 0 aliphatic rings. The van der Waals surface area contributed by atoms with Crippen LogP contribution in [0.4, 0.5) is 0 Å². The van der Waals surface area contributed by atoms with Gasteiger partial charge in [-0.1, -0.05) is 32.8 Å². The summed E-state index contributed by atoms with van der Waals surface area (Å²) in [6, 6.07) is 0. The van der Waals surface area contributed by atoms with E-state index in [0.29, 0.717) is 19.4 Å². The van der Waals surface area contributed by atoms with Crippen LogP contribution in [-0.2, 0) is 9.59 Å². The molecular formula is C12H21NO2. The third-order valence-corrected chi connectivity index (χ3v) is 2.20. The SMILES string of the molecule is C=CC(=O)NCCC(=O)CCCCCC. The zero-order valence-corrected chi connectivity index (χ0v) is 9.55. The van der Waals surface area contributed by atoms with E-state index in [2.05, 4.69) is 18.8 Å². The third kappa shape index (κ3) is 9.19. The van der Waals surface area contributed by atoms with Crippen molar-refractivity contribution in [3.8, 4) is 0 Å². The number of nitrogens with one attached hydrogen (secondary N) is 1. The van der Waals surface area contributed by atoms with Crippen molar-refractivity contribution >= 4 is 11.7 Å². The maximum absolute atomic E-state index is 11.3. The van der Waals surface area contributed by atoms with Crippen molar-refractivity contribution in [1.82, 2.24) is 5.32 Å². The van der Waals surface area contributed by atoms with E-state index in [1.54, 1.807) is 0 Å². The highest BCUT2D eigenvalue weighted by molar-refractivity contribution is 5.87. The molecular weight excluding hydrogens is 190 g/mol. The van der Waals surface area contributed by atoms with Crippen molar-refractivity contribution in [2.24, 2.45) is 0 Å². The van der Waals surface area contributed by atoms with E-state index >= 15 is 0 Å². The number of carbonyl (C=O) groups is 2. The number of Topliss-reactive ketones (excluding diaryl/α,β-unsaturated/α-hetero) is 1. The molecule has 0 atom stereocenters. The normalized spacial score (nSPS) is 9.67. The maximum Gasteiger partial charge on any atom is 0.243 e. The van der Waals surface area contributed by atoms with E-state index in [-0.39, 0.29) is 11.7 Å². The highest BCUT2D eigenvalue weighted by atomic mass is 16.1. The summed E-state index contributed by atoms with van der Waals surface area (Å²) in [4.78, 5) is 22.1. The Labute approximate surface area is 91.9 Å². The second-order valence-corrected chi connectivity index (χ2v) is 3.59. The number of rotatable bonds is 9. The second-order valence-electron chi connectivity index (χ2n) is 3.59. The quantitative estimate of drug-likeness (QED) is 0.469. The molecule has 0 aromatic rings. The molecule has 0 fully saturated rings. The van der Waals surface area contributed by atoms with Gasteiger partial charge < -0.3 is 5.32 Å².